The maximum atomic E-state index is 6.12. The van der Waals surface area contributed by atoms with Crippen molar-refractivity contribution < 1.29 is 0 Å². The van der Waals surface area contributed by atoms with Gasteiger partial charge >= 0.3 is 0 Å². The highest BCUT2D eigenvalue weighted by atomic mass is 35.5. The SMILES string of the molecule is Cc1cc(-c2nccn2C)cc(C)c1Cl. The predicted octanol–water partition coefficient (Wildman–Crippen LogP) is 3.36. The van der Waals surface area contributed by atoms with Crippen molar-refractivity contribution in [3.63, 3.8) is 0 Å². The van der Waals surface area contributed by atoms with Crippen LogP contribution < -0.4 is 0 Å². The molecule has 0 N–H and O–H groups in total. The van der Waals surface area contributed by atoms with Crippen LogP contribution in [0.25, 0.3) is 11.4 Å². The quantitative estimate of drug-likeness (QED) is 0.721. The van der Waals surface area contributed by atoms with Crippen molar-refractivity contribution in [2.75, 3.05) is 0 Å². The molecule has 3 heteroatoms. The molecule has 0 aliphatic heterocycles. The van der Waals surface area contributed by atoms with E-state index < -0.39 is 0 Å². The first kappa shape index (κ1) is 10.2. The Labute approximate surface area is 94.5 Å². The van der Waals surface area contributed by atoms with Gasteiger partial charge in [0.2, 0.25) is 0 Å². The zero-order chi connectivity index (χ0) is 11.0. The molecule has 2 nitrogen and oxygen atoms in total. The number of hydrogen-bond donors (Lipinski definition) is 0. The Kier molecular flexibility index (Phi) is 2.53. The van der Waals surface area contributed by atoms with E-state index >= 15 is 0 Å². The van der Waals surface area contributed by atoms with Crippen molar-refractivity contribution in [3.8, 4) is 11.4 Å². The van der Waals surface area contributed by atoms with Crippen molar-refractivity contribution in [2.24, 2.45) is 7.05 Å². The van der Waals surface area contributed by atoms with Gasteiger partial charge < -0.3 is 4.57 Å². The molecule has 0 atom stereocenters. The highest BCUT2D eigenvalue weighted by Crippen LogP contribution is 2.26. The number of benzene rings is 1. The number of aromatic nitrogens is 2. The lowest BCUT2D eigenvalue weighted by molar-refractivity contribution is 0.924. The van der Waals surface area contributed by atoms with Crippen LogP contribution in [0.15, 0.2) is 24.5 Å². The van der Waals surface area contributed by atoms with Gasteiger partial charge in [-0.3, -0.25) is 0 Å². The second-order valence-corrected chi connectivity index (χ2v) is 4.16. The lowest BCUT2D eigenvalue weighted by atomic mass is 10.1. The number of nitrogens with zero attached hydrogens (tertiary/aromatic N) is 2. The molecule has 0 spiro atoms. The molecular formula is C12H13ClN2. The van der Waals surface area contributed by atoms with E-state index in [9.17, 15) is 0 Å². The number of halogens is 1. The molecule has 0 saturated heterocycles. The summed E-state index contributed by atoms with van der Waals surface area (Å²) >= 11 is 6.12. The van der Waals surface area contributed by atoms with Gasteiger partial charge in [0.25, 0.3) is 0 Å². The van der Waals surface area contributed by atoms with Gasteiger partial charge in [0.15, 0.2) is 0 Å². The molecule has 1 aromatic carbocycles. The molecule has 1 aromatic heterocycles. The van der Waals surface area contributed by atoms with Crippen molar-refractivity contribution in [1.82, 2.24) is 9.55 Å². The Balaban J connectivity index is 2.60. The molecule has 0 amide bonds. The fourth-order valence-electron chi connectivity index (χ4n) is 1.72. The van der Waals surface area contributed by atoms with Crippen molar-refractivity contribution in [3.05, 3.63) is 40.7 Å². The average molecular weight is 221 g/mol. The van der Waals surface area contributed by atoms with Gasteiger partial charge in [0.05, 0.1) is 0 Å². The lowest BCUT2D eigenvalue weighted by Crippen LogP contribution is -1.93. The van der Waals surface area contributed by atoms with Gasteiger partial charge in [-0.25, -0.2) is 4.98 Å². The number of hydrogen-bond acceptors (Lipinski definition) is 1. The van der Waals surface area contributed by atoms with E-state index in [-0.39, 0.29) is 0 Å². The summed E-state index contributed by atoms with van der Waals surface area (Å²) in [5.74, 6) is 0.970. The van der Waals surface area contributed by atoms with E-state index in [1.54, 1.807) is 6.20 Å². The summed E-state index contributed by atoms with van der Waals surface area (Å²) in [6.07, 6.45) is 3.74. The number of rotatable bonds is 1. The summed E-state index contributed by atoms with van der Waals surface area (Å²) in [7, 11) is 1.99. The minimum Gasteiger partial charge on any atom is -0.334 e. The second kappa shape index (κ2) is 3.70. The van der Waals surface area contributed by atoms with Crippen molar-refractivity contribution >= 4 is 11.6 Å². The molecule has 2 aromatic rings. The summed E-state index contributed by atoms with van der Waals surface area (Å²) in [5.41, 5.74) is 3.30. The van der Waals surface area contributed by atoms with Crippen LogP contribution >= 0.6 is 11.6 Å². The summed E-state index contributed by atoms with van der Waals surface area (Å²) in [6, 6.07) is 4.13. The van der Waals surface area contributed by atoms with Crippen LogP contribution in [-0.4, -0.2) is 9.55 Å². The molecule has 78 valence electrons. The summed E-state index contributed by atoms with van der Waals surface area (Å²) in [4.78, 5) is 4.32. The predicted molar refractivity (Wildman–Crippen MR) is 63.1 cm³/mol. The molecule has 0 aliphatic carbocycles. The fraction of sp³-hybridized carbons (Fsp3) is 0.250. The molecule has 15 heavy (non-hydrogen) atoms. The monoisotopic (exact) mass is 220 g/mol. The third kappa shape index (κ3) is 1.77. The minimum atomic E-state index is 0.841. The van der Waals surface area contributed by atoms with Crippen LogP contribution in [0.5, 0.6) is 0 Å². The molecule has 0 bridgehead atoms. The van der Waals surface area contributed by atoms with Crippen LogP contribution in [0.2, 0.25) is 5.02 Å². The Morgan fingerprint density at radius 3 is 2.27 bits per heavy atom. The normalized spacial score (nSPS) is 10.7. The van der Waals surface area contributed by atoms with E-state index in [1.807, 2.05) is 31.7 Å². The van der Waals surface area contributed by atoms with Crippen molar-refractivity contribution in [1.29, 1.82) is 0 Å². The number of imidazole rings is 1. The molecule has 0 aliphatic rings. The third-order valence-electron chi connectivity index (χ3n) is 2.52. The number of aryl methyl sites for hydroxylation is 3. The maximum absolute atomic E-state index is 6.12. The molecule has 0 radical (unpaired) electrons. The van der Waals surface area contributed by atoms with Gasteiger partial charge in [-0.1, -0.05) is 11.6 Å². The van der Waals surface area contributed by atoms with Crippen LogP contribution in [0.4, 0.5) is 0 Å². The van der Waals surface area contributed by atoms with E-state index in [4.69, 9.17) is 11.6 Å². The highest BCUT2D eigenvalue weighted by molar-refractivity contribution is 6.32. The van der Waals surface area contributed by atoms with E-state index in [0.29, 0.717) is 0 Å². The maximum Gasteiger partial charge on any atom is 0.139 e. The van der Waals surface area contributed by atoms with Crippen LogP contribution in [0.3, 0.4) is 0 Å². The molecular weight excluding hydrogens is 208 g/mol. The van der Waals surface area contributed by atoms with E-state index in [2.05, 4.69) is 17.1 Å². The lowest BCUT2D eigenvalue weighted by Gasteiger charge is -2.07. The molecule has 0 saturated carbocycles. The first-order valence-corrected chi connectivity index (χ1v) is 5.22. The van der Waals surface area contributed by atoms with Gasteiger partial charge in [-0.15, -0.1) is 0 Å². The second-order valence-electron chi connectivity index (χ2n) is 3.79. The van der Waals surface area contributed by atoms with E-state index in [0.717, 1.165) is 27.5 Å². The largest absolute Gasteiger partial charge is 0.334 e. The van der Waals surface area contributed by atoms with Gasteiger partial charge in [-0.2, -0.15) is 0 Å². The zero-order valence-corrected chi connectivity index (χ0v) is 9.84. The summed E-state index contributed by atoms with van der Waals surface area (Å²) in [5, 5.41) is 0.841. The van der Waals surface area contributed by atoms with Crippen LogP contribution in [0, 0.1) is 13.8 Å². The Bertz CT molecular complexity index is 477. The van der Waals surface area contributed by atoms with Crippen LogP contribution in [0.1, 0.15) is 11.1 Å². The van der Waals surface area contributed by atoms with Gasteiger partial charge in [0, 0.05) is 30.0 Å². The smallest absolute Gasteiger partial charge is 0.139 e. The Morgan fingerprint density at radius 1 is 1.20 bits per heavy atom. The topological polar surface area (TPSA) is 17.8 Å². The average Bonchev–Trinajstić information content (AvgIpc) is 2.60. The Hall–Kier alpha value is -1.28. The van der Waals surface area contributed by atoms with Crippen molar-refractivity contribution in [2.45, 2.75) is 13.8 Å². The standard InChI is InChI=1S/C12H13ClN2/c1-8-6-10(7-9(2)11(8)13)12-14-4-5-15(12)3/h4-7H,1-3H3. The van der Waals surface area contributed by atoms with Gasteiger partial charge in [-0.05, 0) is 37.1 Å². The molecule has 0 fully saturated rings. The first-order valence-electron chi connectivity index (χ1n) is 4.84. The van der Waals surface area contributed by atoms with Gasteiger partial charge in [0.1, 0.15) is 5.82 Å². The third-order valence-corrected chi connectivity index (χ3v) is 3.11. The Morgan fingerprint density at radius 2 is 1.80 bits per heavy atom. The van der Waals surface area contributed by atoms with Crippen LogP contribution in [-0.2, 0) is 7.05 Å². The first-order chi connectivity index (χ1) is 7.09. The molecule has 1 heterocycles. The molecule has 0 unspecified atom stereocenters. The highest BCUT2D eigenvalue weighted by Gasteiger charge is 2.07. The zero-order valence-electron chi connectivity index (χ0n) is 9.08. The minimum absolute atomic E-state index is 0.841. The summed E-state index contributed by atoms with van der Waals surface area (Å²) in [6.45, 7) is 4.03. The fourth-order valence-corrected chi connectivity index (χ4v) is 1.83. The summed E-state index contributed by atoms with van der Waals surface area (Å²) < 4.78 is 2.00. The molecule has 2 rings (SSSR count). The van der Waals surface area contributed by atoms with E-state index in [1.165, 1.54) is 0 Å².